The molecule has 3 rings (SSSR count). The predicted molar refractivity (Wildman–Crippen MR) is 49.8 cm³/mol. The minimum absolute atomic E-state index is 0.429. The maximum Gasteiger partial charge on any atom is 0.104 e. The fourth-order valence-corrected chi connectivity index (χ4v) is 3.40. The highest BCUT2D eigenvalue weighted by atomic mass is 28.1. The van der Waals surface area contributed by atoms with Gasteiger partial charge in [0.05, 0.1) is 19.3 Å². The molecule has 0 N–H and O–H groups in total. The first kappa shape index (κ1) is 8.45. The second-order valence-corrected chi connectivity index (χ2v) is 5.40. The van der Waals surface area contributed by atoms with Gasteiger partial charge in [-0.05, 0) is 36.6 Å². The van der Waals surface area contributed by atoms with Crippen LogP contribution in [0.1, 0.15) is 19.3 Å². The van der Waals surface area contributed by atoms with Crippen molar-refractivity contribution < 1.29 is 9.47 Å². The zero-order chi connectivity index (χ0) is 8.84. The average Bonchev–Trinajstić information content (AvgIpc) is 2.77. The number of epoxide rings is 1. The molecule has 5 atom stereocenters. The lowest BCUT2D eigenvalue weighted by atomic mass is 9.97. The van der Waals surface area contributed by atoms with Gasteiger partial charge in [-0.15, -0.1) is 0 Å². The van der Waals surface area contributed by atoms with E-state index in [1.54, 1.807) is 0 Å². The molecule has 2 aliphatic carbocycles. The fraction of sp³-hybridized carbons (Fsp3) is 1.00. The molecule has 0 aromatic heterocycles. The molecule has 1 saturated heterocycles. The largest absolute Gasteiger partial charge is 0.375 e. The Morgan fingerprint density at radius 1 is 1.23 bits per heavy atom. The van der Waals surface area contributed by atoms with Gasteiger partial charge in [-0.2, -0.15) is 0 Å². The summed E-state index contributed by atoms with van der Waals surface area (Å²) in [5.41, 5.74) is 0.766. The molecule has 3 heteroatoms. The molecule has 1 aliphatic heterocycles. The Labute approximate surface area is 82.4 Å². The molecular weight excluding hydrogens is 180 g/mol. The van der Waals surface area contributed by atoms with E-state index in [0.29, 0.717) is 12.2 Å². The maximum atomic E-state index is 5.86. The van der Waals surface area contributed by atoms with E-state index in [4.69, 9.17) is 9.47 Å². The molecule has 2 nitrogen and oxygen atoms in total. The van der Waals surface area contributed by atoms with Crippen LogP contribution in [0.3, 0.4) is 0 Å². The van der Waals surface area contributed by atoms with Gasteiger partial charge in [0, 0.05) is 10.2 Å². The molecule has 0 aromatic rings. The summed E-state index contributed by atoms with van der Waals surface area (Å²) in [6, 6.07) is 0. The number of fused-ring (bicyclic) bond motifs is 2. The Bertz CT molecular complexity index is 203. The molecule has 2 bridgehead atoms. The summed E-state index contributed by atoms with van der Waals surface area (Å²) < 4.78 is 11.0. The highest BCUT2D eigenvalue weighted by Gasteiger charge is 2.44. The number of ether oxygens (including phenoxy) is 2. The predicted octanol–water partition coefficient (Wildman–Crippen LogP) is 1.16. The molecule has 3 fully saturated rings. The van der Waals surface area contributed by atoms with Gasteiger partial charge in [0.2, 0.25) is 0 Å². The molecule has 0 amide bonds. The van der Waals surface area contributed by atoms with Crippen LogP contribution in [0, 0.1) is 11.8 Å². The monoisotopic (exact) mass is 195 g/mol. The van der Waals surface area contributed by atoms with Gasteiger partial charge < -0.3 is 9.47 Å². The summed E-state index contributed by atoms with van der Waals surface area (Å²) in [5, 5.41) is 0. The summed E-state index contributed by atoms with van der Waals surface area (Å²) in [6.07, 6.45) is 4.94. The first-order valence-electron chi connectivity index (χ1n) is 5.27. The van der Waals surface area contributed by atoms with Gasteiger partial charge in [0.25, 0.3) is 0 Å². The smallest absolute Gasteiger partial charge is 0.104 e. The second kappa shape index (κ2) is 3.07. The van der Waals surface area contributed by atoms with Crippen molar-refractivity contribution in [2.45, 2.75) is 37.0 Å². The second-order valence-electron chi connectivity index (χ2n) is 4.66. The zero-order valence-electron chi connectivity index (χ0n) is 7.74. The molecule has 5 unspecified atom stereocenters. The standard InChI is InChI=1S/C10H15O2Si/c13-10-3-6-1-7(10)2-9(6)12-5-8-4-11-8/h6-10H,1-5H2. The van der Waals surface area contributed by atoms with Crippen LogP contribution in [0.15, 0.2) is 0 Å². The van der Waals surface area contributed by atoms with Crippen LogP contribution in [0.5, 0.6) is 0 Å². The molecule has 2 saturated carbocycles. The van der Waals surface area contributed by atoms with Gasteiger partial charge in [-0.25, -0.2) is 0 Å². The third-order valence-electron chi connectivity index (χ3n) is 3.69. The van der Waals surface area contributed by atoms with Gasteiger partial charge >= 0.3 is 0 Å². The van der Waals surface area contributed by atoms with Crippen LogP contribution in [0.25, 0.3) is 0 Å². The van der Waals surface area contributed by atoms with E-state index in [1.807, 2.05) is 0 Å². The van der Waals surface area contributed by atoms with Crippen LogP contribution < -0.4 is 0 Å². The van der Waals surface area contributed by atoms with E-state index in [0.717, 1.165) is 30.6 Å². The SMILES string of the molecule is [Si]C1CC2CC1CC2OCC1CO1. The highest BCUT2D eigenvalue weighted by molar-refractivity contribution is 6.12. The summed E-state index contributed by atoms with van der Waals surface area (Å²) in [5.74, 6) is 1.71. The first-order chi connectivity index (χ1) is 6.33. The van der Waals surface area contributed by atoms with E-state index < -0.39 is 0 Å². The average molecular weight is 195 g/mol. The number of hydrogen-bond donors (Lipinski definition) is 0. The molecule has 13 heavy (non-hydrogen) atoms. The Kier molecular flexibility index (Phi) is 2.00. The molecule has 71 valence electrons. The summed E-state index contributed by atoms with van der Waals surface area (Å²) in [7, 11) is 3.78. The van der Waals surface area contributed by atoms with Crippen LogP contribution in [0.2, 0.25) is 5.54 Å². The summed E-state index contributed by atoms with van der Waals surface area (Å²) in [4.78, 5) is 0. The van der Waals surface area contributed by atoms with E-state index in [1.165, 1.54) is 19.3 Å². The van der Waals surface area contributed by atoms with E-state index in [2.05, 4.69) is 10.2 Å². The lowest BCUT2D eigenvalue weighted by Crippen LogP contribution is -2.24. The number of rotatable bonds is 3. The van der Waals surface area contributed by atoms with E-state index >= 15 is 0 Å². The van der Waals surface area contributed by atoms with Crippen molar-refractivity contribution in [1.29, 1.82) is 0 Å². The third-order valence-corrected chi connectivity index (χ3v) is 4.40. The van der Waals surface area contributed by atoms with Crippen LogP contribution in [0.4, 0.5) is 0 Å². The first-order valence-corrected chi connectivity index (χ1v) is 5.85. The van der Waals surface area contributed by atoms with E-state index in [9.17, 15) is 0 Å². The van der Waals surface area contributed by atoms with Crippen molar-refractivity contribution >= 4 is 10.2 Å². The molecule has 3 aliphatic rings. The van der Waals surface area contributed by atoms with Gasteiger partial charge in [-0.1, -0.05) is 0 Å². The quantitative estimate of drug-likeness (QED) is 0.498. The lowest BCUT2D eigenvalue weighted by molar-refractivity contribution is 0.00885. The van der Waals surface area contributed by atoms with Crippen molar-refractivity contribution in [3.8, 4) is 0 Å². The zero-order valence-corrected chi connectivity index (χ0v) is 8.74. The Morgan fingerprint density at radius 2 is 2.08 bits per heavy atom. The van der Waals surface area contributed by atoms with Crippen molar-refractivity contribution in [3.05, 3.63) is 0 Å². The van der Waals surface area contributed by atoms with Crippen molar-refractivity contribution in [2.24, 2.45) is 11.8 Å². The van der Waals surface area contributed by atoms with Crippen LogP contribution >= 0.6 is 0 Å². The molecular formula is C10H15O2Si. The van der Waals surface area contributed by atoms with Crippen molar-refractivity contribution in [2.75, 3.05) is 13.2 Å². The summed E-state index contributed by atoms with van der Waals surface area (Å²) in [6.45, 7) is 1.75. The van der Waals surface area contributed by atoms with Crippen molar-refractivity contribution in [1.82, 2.24) is 0 Å². The van der Waals surface area contributed by atoms with Gasteiger partial charge in [-0.3, -0.25) is 0 Å². The fourth-order valence-electron chi connectivity index (χ4n) is 2.82. The van der Waals surface area contributed by atoms with Crippen LogP contribution in [-0.2, 0) is 9.47 Å². The minimum Gasteiger partial charge on any atom is -0.375 e. The van der Waals surface area contributed by atoms with Crippen LogP contribution in [-0.4, -0.2) is 35.7 Å². The summed E-state index contributed by atoms with van der Waals surface area (Å²) >= 11 is 0. The molecule has 3 radical (unpaired) electrons. The Hall–Kier alpha value is 0.137. The molecule has 0 aromatic carbocycles. The third kappa shape index (κ3) is 1.58. The molecule has 1 heterocycles. The van der Waals surface area contributed by atoms with Gasteiger partial charge in [0.1, 0.15) is 6.10 Å². The van der Waals surface area contributed by atoms with E-state index in [-0.39, 0.29) is 0 Å². The lowest BCUT2D eigenvalue weighted by Gasteiger charge is -2.25. The Balaban J connectivity index is 1.51. The Morgan fingerprint density at radius 3 is 2.62 bits per heavy atom. The van der Waals surface area contributed by atoms with Gasteiger partial charge in [0.15, 0.2) is 0 Å². The maximum absolute atomic E-state index is 5.86. The normalized spacial score (nSPS) is 52.8. The minimum atomic E-state index is 0.429. The topological polar surface area (TPSA) is 21.8 Å². The number of hydrogen-bond acceptors (Lipinski definition) is 2. The molecule has 0 spiro atoms. The highest BCUT2D eigenvalue weighted by Crippen LogP contribution is 2.51. The van der Waals surface area contributed by atoms with Crippen molar-refractivity contribution in [3.63, 3.8) is 0 Å².